The monoisotopic (exact) mass is 269 g/mol. The Bertz CT molecular complexity index is 617. The smallest absolute Gasteiger partial charge is 0.143 e. The van der Waals surface area contributed by atoms with Crippen LogP contribution in [0.5, 0.6) is 11.5 Å². The standard InChI is InChI=1S/C17H19NO2/c1-11-5-12(2)7-13(6-11)8-15-10-18-16-9-14(19)3-4-17(16)20-15/h3-7,9,15,18-19H,8,10H2,1-2H3. The Morgan fingerprint density at radius 2 is 1.90 bits per heavy atom. The van der Waals surface area contributed by atoms with Crippen molar-refractivity contribution < 1.29 is 9.84 Å². The fourth-order valence-electron chi connectivity index (χ4n) is 2.77. The first-order valence-electron chi connectivity index (χ1n) is 6.91. The zero-order chi connectivity index (χ0) is 14.1. The lowest BCUT2D eigenvalue weighted by Gasteiger charge is -2.27. The van der Waals surface area contributed by atoms with E-state index in [-0.39, 0.29) is 11.9 Å². The van der Waals surface area contributed by atoms with E-state index in [1.54, 1.807) is 12.1 Å². The lowest BCUT2D eigenvalue weighted by molar-refractivity contribution is 0.206. The molecule has 1 aliphatic rings. The Kier molecular flexibility index (Phi) is 3.26. The van der Waals surface area contributed by atoms with Gasteiger partial charge in [-0.1, -0.05) is 29.3 Å². The zero-order valence-corrected chi connectivity index (χ0v) is 11.8. The van der Waals surface area contributed by atoms with Gasteiger partial charge < -0.3 is 15.2 Å². The van der Waals surface area contributed by atoms with E-state index in [2.05, 4.69) is 37.4 Å². The molecule has 0 saturated heterocycles. The van der Waals surface area contributed by atoms with Crippen LogP contribution >= 0.6 is 0 Å². The van der Waals surface area contributed by atoms with Gasteiger partial charge in [-0.15, -0.1) is 0 Å². The molecule has 0 spiro atoms. The van der Waals surface area contributed by atoms with Gasteiger partial charge in [0, 0.05) is 12.5 Å². The summed E-state index contributed by atoms with van der Waals surface area (Å²) >= 11 is 0. The molecule has 1 atom stereocenters. The Hall–Kier alpha value is -2.16. The number of rotatable bonds is 2. The maximum Gasteiger partial charge on any atom is 0.143 e. The van der Waals surface area contributed by atoms with Crippen molar-refractivity contribution in [1.29, 1.82) is 0 Å². The molecule has 3 nitrogen and oxygen atoms in total. The molecule has 2 N–H and O–H groups in total. The summed E-state index contributed by atoms with van der Waals surface area (Å²) in [7, 11) is 0. The van der Waals surface area contributed by atoms with Gasteiger partial charge in [-0.05, 0) is 31.5 Å². The molecule has 0 aromatic heterocycles. The number of benzene rings is 2. The van der Waals surface area contributed by atoms with Crippen LogP contribution < -0.4 is 10.1 Å². The summed E-state index contributed by atoms with van der Waals surface area (Å²) in [6.07, 6.45) is 1.00. The highest BCUT2D eigenvalue weighted by atomic mass is 16.5. The van der Waals surface area contributed by atoms with Crippen molar-refractivity contribution in [2.45, 2.75) is 26.4 Å². The van der Waals surface area contributed by atoms with Crippen LogP contribution in [0.1, 0.15) is 16.7 Å². The summed E-state index contributed by atoms with van der Waals surface area (Å²) in [5, 5.41) is 12.8. The predicted octanol–water partition coefficient (Wildman–Crippen LogP) is 3.42. The topological polar surface area (TPSA) is 41.5 Å². The first-order chi connectivity index (χ1) is 9.60. The predicted molar refractivity (Wildman–Crippen MR) is 80.6 cm³/mol. The van der Waals surface area contributed by atoms with E-state index >= 15 is 0 Å². The van der Waals surface area contributed by atoms with Crippen molar-refractivity contribution in [2.24, 2.45) is 0 Å². The molecular formula is C17H19NO2. The number of fused-ring (bicyclic) bond motifs is 1. The summed E-state index contributed by atoms with van der Waals surface area (Å²) in [4.78, 5) is 0. The van der Waals surface area contributed by atoms with Crippen LogP contribution in [-0.2, 0) is 6.42 Å². The van der Waals surface area contributed by atoms with Gasteiger partial charge in [0.25, 0.3) is 0 Å². The minimum Gasteiger partial charge on any atom is -0.508 e. The number of phenolic OH excluding ortho intramolecular Hbond substituents is 1. The molecule has 0 bridgehead atoms. The van der Waals surface area contributed by atoms with Crippen molar-refractivity contribution in [3.8, 4) is 11.5 Å². The largest absolute Gasteiger partial charge is 0.508 e. The second kappa shape index (κ2) is 5.08. The molecule has 3 rings (SSSR count). The van der Waals surface area contributed by atoms with Gasteiger partial charge in [0.15, 0.2) is 0 Å². The molecule has 1 aliphatic heterocycles. The maximum atomic E-state index is 9.45. The van der Waals surface area contributed by atoms with Gasteiger partial charge in [-0.2, -0.15) is 0 Å². The number of ether oxygens (including phenoxy) is 1. The Labute approximate surface area is 119 Å². The molecule has 0 amide bonds. The van der Waals surface area contributed by atoms with Gasteiger partial charge in [0.1, 0.15) is 17.6 Å². The number of nitrogens with one attached hydrogen (secondary N) is 1. The highest BCUT2D eigenvalue weighted by Crippen LogP contribution is 2.32. The highest BCUT2D eigenvalue weighted by molar-refractivity contribution is 5.60. The normalized spacial score (nSPS) is 17.0. The van der Waals surface area contributed by atoms with Crippen LogP contribution in [0.25, 0.3) is 0 Å². The summed E-state index contributed by atoms with van der Waals surface area (Å²) in [5.41, 5.74) is 4.74. The van der Waals surface area contributed by atoms with Crippen molar-refractivity contribution in [1.82, 2.24) is 0 Å². The van der Waals surface area contributed by atoms with Crippen LogP contribution in [0.2, 0.25) is 0 Å². The van der Waals surface area contributed by atoms with E-state index in [1.165, 1.54) is 16.7 Å². The zero-order valence-electron chi connectivity index (χ0n) is 11.8. The van der Waals surface area contributed by atoms with Crippen molar-refractivity contribution >= 4 is 5.69 Å². The van der Waals surface area contributed by atoms with Gasteiger partial charge in [-0.3, -0.25) is 0 Å². The maximum absolute atomic E-state index is 9.45. The molecule has 0 fully saturated rings. The molecule has 3 heteroatoms. The van der Waals surface area contributed by atoms with E-state index in [0.29, 0.717) is 0 Å². The number of aromatic hydroxyl groups is 1. The molecule has 0 radical (unpaired) electrons. The second-order valence-corrected chi connectivity index (χ2v) is 5.50. The Morgan fingerprint density at radius 1 is 1.15 bits per heavy atom. The third-order valence-corrected chi connectivity index (χ3v) is 3.52. The molecule has 1 heterocycles. The summed E-state index contributed by atoms with van der Waals surface area (Å²) in [6.45, 7) is 4.99. The quantitative estimate of drug-likeness (QED) is 0.877. The van der Waals surface area contributed by atoms with Gasteiger partial charge in [0.2, 0.25) is 0 Å². The van der Waals surface area contributed by atoms with Crippen LogP contribution in [0.3, 0.4) is 0 Å². The summed E-state index contributed by atoms with van der Waals surface area (Å²) < 4.78 is 6.00. The first kappa shape index (κ1) is 12.9. The Balaban J connectivity index is 1.75. The minimum absolute atomic E-state index is 0.119. The fourth-order valence-corrected chi connectivity index (χ4v) is 2.77. The number of hydrogen-bond acceptors (Lipinski definition) is 3. The van der Waals surface area contributed by atoms with Crippen molar-refractivity contribution in [3.05, 3.63) is 53.1 Å². The molecule has 0 aliphatic carbocycles. The molecule has 1 unspecified atom stereocenters. The molecule has 104 valence electrons. The fraction of sp³-hybridized carbons (Fsp3) is 0.294. The minimum atomic E-state index is 0.119. The van der Waals surface area contributed by atoms with E-state index in [4.69, 9.17) is 4.74 Å². The molecular weight excluding hydrogens is 250 g/mol. The molecule has 0 saturated carbocycles. The third kappa shape index (κ3) is 2.72. The summed E-state index contributed by atoms with van der Waals surface area (Å²) in [6, 6.07) is 11.8. The molecule has 2 aromatic carbocycles. The Morgan fingerprint density at radius 3 is 2.65 bits per heavy atom. The van der Waals surface area contributed by atoms with Gasteiger partial charge in [0.05, 0.1) is 12.2 Å². The van der Waals surface area contributed by atoms with Crippen molar-refractivity contribution in [2.75, 3.05) is 11.9 Å². The summed E-state index contributed by atoms with van der Waals surface area (Å²) in [5.74, 6) is 1.07. The molecule has 2 aromatic rings. The van der Waals surface area contributed by atoms with Crippen LogP contribution in [0.4, 0.5) is 5.69 Å². The first-order valence-corrected chi connectivity index (χ1v) is 6.91. The lowest BCUT2D eigenvalue weighted by atomic mass is 10.0. The highest BCUT2D eigenvalue weighted by Gasteiger charge is 2.20. The van der Waals surface area contributed by atoms with E-state index in [1.807, 2.05) is 6.07 Å². The average molecular weight is 269 g/mol. The molecule has 20 heavy (non-hydrogen) atoms. The van der Waals surface area contributed by atoms with Gasteiger partial charge in [-0.25, -0.2) is 0 Å². The van der Waals surface area contributed by atoms with Crippen molar-refractivity contribution in [3.63, 3.8) is 0 Å². The van der Waals surface area contributed by atoms with E-state index in [9.17, 15) is 5.11 Å². The van der Waals surface area contributed by atoms with Crippen LogP contribution in [0.15, 0.2) is 36.4 Å². The number of anilines is 1. The lowest BCUT2D eigenvalue weighted by Crippen LogP contribution is -2.32. The second-order valence-electron chi connectivity index (χ2n) is 5.50. The number of hydrogen-bond donors (Lipinski definition) is 2. The van der Waals surface area contributed by atoms with Crippen LogP contribution in [-0.4, -0.2) is 17.8 Å². The number of aryl methyl sites for hydroxylation is 2. The average Bonchev–Trinajstić information content (AvgIpc) is 2.38. The SMILES string of the molecule is Cc1cc(C)cc(CC2CNc3cc(O)ccc3O2)c1. The number of phenols is 1. The van der Waals surface area contributed by atoms with E-state index < -0.39 is 0 Å². The van der Waals surface area contributed by atoms with E-state index in [0.717, 1.165) is 24.4 Å². The van der Waals surface area contributed by atoms with Crippen LogP contribution in [0, 0.1) is 13.8 Å². The third-order valence-electron chi connectivity index (χ3n) is 3.52. The van der Waals surface area contributed by atoms with Gasteiger partial charge >= 0.3 is 0 Å².